The molecule has 7 heteroatoms. The molecule has 0 spiro atoms. The van der Waals surface area contributed by atoms with Gasteiger partial charge in [0.15, 0.2) is 0 Å². The molecule has 0 aliphatic carbocycles. The molecular weight excluding hydrogens is 329 g/mol. The van der Waals surface area contributed by atoms with Crippen LogP contribution < -0.4 is 0 Å². The molecule has 1 aromatic carbocycles. The predicted molar refractivity (Wildman–Crippen MR) is 86.7 cm³/mol. The van der Waals surface area contributed by atoms with Crippen molar-refractivity contribution in [2.75, 3.05) is 0 Å². The lowest BCUT2D eigenvalue weighted by Gasteiger charge is -2.11. The molecule has 124 valence electrons. The summed E-state index contributed by atoms with van der Waals surface area (Å²) >= 11 is 0. The van der Waals surface area contributed by atoms with E-state index in [4.69, 9.17) is 0 Å². The number of benzene rings is 1. The van der Waals surface area contributed by atoms with E-state index in [1.807, 2.05) is 12.3 Å². The van der Waals surface area contributed by atoms with Gasteiger partial charge in [0.05, 0.1) is 11.3 Å². The van der Waals surface area contributed by atoms with Gasteiger partial charge in [-0.05, 0) is 18.2 Å². The molecule has 4 nitrogen and oxygen atoms in total. The molecule has 0 radical (unpaired) electrons. The summed E-state index contributed by atoms with van der Waals surface area (Å²) in [5.41, 5.74) is 1.60. The molecule has 0 amide bonds. The Balaban J connectivity index is 1.87. The minimum absolute atomic E-state index is 0.399. The van der Waals surface area contributed by atoms with E-state index in [9.17, 15) is 13.2 Å². The van der Waals surface area contributed by atoms with Crippen molar-refractivity contribution in [3.63, 3.8) is 0 Å². The van der Waals surface area contributed by atoms with Crippen LogP contribution in [0.2, 0.25) is 0 Å². The first-order valence-corrected chi connectivity index (χ1v) is 7.44. The number of pyridine rings is 1. The van der Waals surface area contributed by atoms with Gasteiger partial charge in [0.2, 0.25) is 5.78 Å². The summed E-state index contributed by atoms with van der Waals surface area (Å²) in [5.74, 6) is 0.549. The minimum Gasteiger partial charge on any atom is -0.291 e. The highest BCUT2D eigenvalue weighted by Crippen LogP contribution is 2.34. The fourth-order valence-corrected chi connectivity index (χ4v) is 2.67. The van der Waals surface area contributed by atoms with E-state index in [1.165, 1.54) is 6.07 Å². The van der Waals surface area contributed by atoms with E-state index in [1.54, 1.807) is 41.3 Å². The summed E-state index contributed by atoms with van der Waals surface area (Å²) in [6, 6.07) is 8.70. The van der Waals surface area contributed by atoms with Crippen LogP contribution in [0.3, 0.4) is 0 Å². The third-order valence-corrected chi connectivity index (χ3v) is 3.83. The van der Waals surface area contributed by atoms with Crippen LogP contribution in [0.4, 0.5) is 13.2 Å². The van der Waals surface area contributed by atoms with E-state index in [0.29, 0.717) is 22.6 Å². The van der Waals surface area contributed by atoms with Crippen molar-refractivity contribution in [2.24, 2.45) is 0 Å². The normalized spacial score (nSPS) is 11.8. The molecule has 0 unspecified atom stereocenters. The van der Waals surface area contributed by atoms with Crippen molar-refractivity contribution < 1.29 is 13.2 Å². The zero-order valence-electron chi connectivity index (χ0n) is 12.8. The van der Waals surface area contributed by atoms with Crippen molar-refractivity contribution in [2.45, 2.75) is 6.18 Å². The Hall–Kier alpha value is -3.22. The summed E-state index contributed by atoms with van der Waals surface area (Å²) in [4.78, 5) is 12.6. The van der Waals surface area contributed by atoms with Gasteiger partial charge in [-0.15, -0.1) is 0 Å². The number of rotatable bonds is 2. The highest BCUT2D eigenvalue weighted by molar-refractivity contribution is 5.80. The van der Waals surface area contributed by atoms with E-state index in [-0.39, 0.29) is 0 Å². The molecule has 4 rings (SSSR count). The monoisotopic (exact) mass is 340 g/mol. The summed E-state index contributed by atoms with van der Waals surface area (Å²) in [6.07, 6.45) is 4.00. The maximum atomic E-state index is 13.0. The number of aromatic nitrogens is 4. The molecule has 3 aromatic heterocycles. The lowest BCUT2D eigenvalue weighted by molar-refractivity contribution is -0.137. The number of alkyl halides is 3. The predicted octanol–water partition coefficient (Wildman–Crippen LogP) is 4.48. The highest BCUT2D eigenvalue weighted by Gasteiger charge is 2.30. The fourth-order valence-electron chi connectivity index (χ4n) is 2.67. The smallest absolute Gasteiger partial charge is 0.291 e. The van der Waals surface area contributed by atoms with Crippen molar-refractivity contribution in [1.29, 1.82) is 0 Å². The van der Waals surface area contributed by atoms with Gasteiger partial charge in [0, 0.05) is 47.7 Å². The van der Waals surface area contributed by atoms with Crippen LogP contribution in [0, 0.1) is 0 Å². The molecule has 0 saturated carbocycles. The third kappa shape index (κ3) is 2.84. The Morgan fingerprint density at radius 2 is 1.76 bits per heavy atom. The lowest BCUT2D eigenvalue weighted by atomic mass is 10.00. The Kier molecular flexibility index (Phi) is 3.49. The molecule has 0 bridgehead atoms. The topological polar surface area (TPSA) is 43.1 Å². The Bertz CT molecular complexity index is 1050. The van der Waals surface area contributed by atoms with Crippen LogP contribution in [-0.4, -0.2) is 19.4 Å². The van der Waals surface area contributed by atoms with Crippen LogP contribution in [0.25, 0.3) is 28.2 Å². The first kappa shape index (κ1) is 15.3. The Morgan fingerprint density at radius 1 is 0.880 bits per heavy atom. The maximum Gasteiger partial charge on any atom is 0.416 e. The molecular formula is C18H11F3N4. The average Bonchev–Trinajstić information content (AvgIpc) is 3.09. The van der Waals surface area contributed by atoms with Crippen LogP contribution >= 0.6 is 0 Å². The van der Waals surface area contributed by atoms with E-state index < -0.39 is 11.7 Å². The quantitative estimate of drug-likeness (QED) is 0.540. The van der Waals surface area contributed by atoms with Gasteiger partial charge in [0.25, 0.3) is 0 Å². The molecule has 0 aliphatic rings. The van der Waals surface area contributed by atoms with Gasteiger partial charge in [-0.1, -0.05) is 18.2 Å². The molecule has 4 aromatic rings. The van der Waals surface area contributed by atoms with Crippen molar-refractivity contribution in [1.82, 2.24) is 19.4 Å². The number of fused-ring (bicyclic) bond motifs is 1. The Morgan fingerprint density at radius 3 is 2.60 bits per heavy atom. The summed E-state index contributed by atoms with van der Waals surface area (Å²) in [7, 11) is 0. The molecule has 0 fully saturated rings. The molecule has 25 heavy (non-hydrogen) atoms. The average molecular weight is 340 g/mol. The maximum absolute atomic E-state index is 13.0. The van der Waals surface area contributed by atoms with Crippen LogP contribution in [0.1, 0.15) is 5.56 Å². The number of hydrogen-bond donors (Lipinski definition) is 0. The van der Waals surface area contributed by atoms with Crippen LogP contribution in [0.5, 0.6) is 0 Å². The SMILES string of the molecule is FC(F)(F)c1cccc(-c2ncccc2-c2cnc3nccn3c2)c1. The zero-order valence-corrected chi connectivity index (χ0v) is 12.8. The zero-order chi connectivity index (χ0) is 17.4. The van der Waals surface area contributed by atoms with E-state index in [0.717, 1.165) is 17.7 Å². The molecule has 0 atom stereocenters. The fraction of sp³-hybridized carbons (Fsp3) is 0.0556. The Labute approximate surface area is 140 Å². The van der Waals surface area contributed by atoms with E-state index >= 15 is 0 Å². The minimum atomic E-state index is -4.40. The summed E-state index contributed by atoms with van der Waals surface area (Å²) < 4.78 is 40.8. The summed E-state index contributed by atoms with van der Waals surface area (Å²) in [5, 5.41) is 0. The molecule has 0 aliphatic heterocycles. The number of hydrogen-bond acceptors (Lipinski definition) is 3. The van der Waals surface area contributed by atoms with Gasteiger partial charge in [0.1, 0.15) is 0 Å². The standard InChI is InChI=1S/C18H11F3N4/c19-18(20,21)14-4-1-3-12(9-14)16-15(5-2-6-22-16)13-10-24-17-23-7-8-25(17)11-13/h1-11H. The largest absolute Gasteiger partial charge is 0.416 e. The molecule has 3 heterocycles. The first-order valence-electron chi connectivity index (χ1n) is 7.44. The first-order chi connectivity index (χ1) is 12.0. The second-order valence-corrected chi connectivity index (χ2v) is 5.46. The number of nitrogens with zero attached hydrogens (tertiary/aromatic N) is 4. The number of imidazole rings is 1. The van der Waals surface area contributed by atoms with Gasteiger partial charge in [-0.3, -0.25) is 9.38 Å². The molecule has 0 N–H and O–H groups in total. The second kappa shape index (κ2) is 5.70. The van der Waals surface area contributed by atoms with Gasteiger partial charge >= 0.3 is 6.18 Å². The number of halogens is 3. The summed E-state index contributed by atoms with van der Waals surface area (Å²) in [6.45, 7) is 0. The van der Waals surface area contributed by atoms with Gasteiger partial charge in [-0.25, -0.2) is 9.97 Å². The van der Waals surface area contributed by atoms with Crippen molar-refractivity contribution in [3.05, 3.63) is 72.9 Å². The third-order valence-electron chi connectivity index (χ3n) is 3.83. The van der Waals surface area contributed by atoms with Gasteiger partial charge in [-0.2, -0.15) is 13.2 Å². The van der Waals surface area contributed by atoms with Gasteiger partial charge < -0.3 is 0 Å². The second-order valence-electron chi connectivity index (χ2n) is 5.46. The van der Waals surface area contributed by atoms with Crippen molar-refractivity contribution in [3.8, 4) is 22.4 Å². The van der Waals surface area contributed by atoms with Crippen LogP contribution in [-0.2, 0) is 6.18 Å². The lowest BCUT2D eigenvalue weighted by Crippen LogP contribution is -2.04. The highest BCUT2D eigenvalue weighted by atomic mass is 19.4. The van der Waals surface area contributed by atoms with Crippen molar-refractivity contribution >= 4 is 5.78 Å². The van der Waals surface area contributed by atoms with E-state index in [2.05, 4.69) is 15.0 Å². The van der Waals surface area contributed by atoms with Crippen LogP contribution in [0.15, 0.2) is 67.4 Å². The molecule has 0 saturated heterocycles.